The van der Waals surface area contributed by atoms with Crippen molar-refractivity contribution in [1.82, 2.24) is 6.15 Å². The van der Waals surface area contributed by atoms with Crippen LogP contribution in [0.4, 0.5) is 0 Å². The van der Waals surface area contributed by atoms with Crippen molar-refractivity contribution in [2.45, 2.75) is 38.5 Å². The summed E-state index contributed by atoms with van der Waals surface area (Å²) in [6.45, 7) is 0. The first kappa shape index (κ1) is 10.5. The summed E-state index contributed by atoms with van der Waals surface area (Å²) in [5.74, 6) is 0.267. The Morgan fingerprint density at radius 1 is 1.31 bits per heavy atom. The minimum Gasteiger partial charge on any atom is -0.469 e. The molecule has 2 aliphatic rings. The van der Waals surface area contributed by atoms with Crippen molar-refractivity contribution in [2.24, 2.45) is 11.3 Å². The molecule has 2 rings (SSSR count). The number of carbonyl (C=O) groups excluding carboxylic acids is 1. The van der Waals surface area contributed by atoms with Crippen molar-refractivity contribution in [3.05, 3.63) is 0 Å². The molecule has 0 radical (unpaired) electrons. The average Bonchev–Trinajstić information content (AvgIpc) is 2.85. The Hall–Kier alpha value is -0.570. The van der Waals surface area contributed by atoms with Gasteiger partial charge in [-0.1, -0.05) is 12.8 Å². The fourth-order valence-corrected chi connectivity index (χ4v) is 2.58. The topological polar surface area (TPSA) is 61.3 Å². The molecular formula is C10H19NO2. The Bertz CT molecular complexity index is 199. The second kappa shape index (κ2) is 3.66. The number of esters is 1. The van der Waals surface area contributed by atoms with Crippen molar-refractivity contribution < 1.29 is 9.53 Å². The van der Waals surface area contributed by atoms with Gasteiger partial charge < -0.3 is 10.9 Å². The van der Waals surface area contributed by atoms with E-state index in [2.05, 4.69) is 0 Å². The van der Waals surface area contributed by atoms with E-state index in [1.165, 1.54) is 39.2 Å². The molecule has 0 aromatic carbocycles. The van der Waals surface area contributed by atoms with Crippen molar-refractivity contribution >= 4 is 5.97 Å². The van der Waals surface area contributed by atoms with Gasteiger partial charge in [0.25, 0.3) is 0 Å². The smallest absolute Gasteiger partial charge is 0.309 e. The van der Waals surface area contributed by atoms with E-state index in [1.54, 1.807) is 0 Å². The van der Waals surface area contributed by atoms with Gasteiger partial charge >= 0.3 is 5.97 Å². The molecule has 2 aliphatic carbocycles. The van der Waals surface area contributed by atoms with Crippen molar-refractivity contribution in [3.8, 4) is 0 Å². The highest BCUT2D eigenvalue weighted by Crippen LogP contribution is 2.59. The van der Waals surface area contributed by atoms with E-state index in [0.717, 1.165) is 6.42 Å². The lowest BCUT2D eigenvalue weighted by molar-refractivity contribution is -0.149. The Morgan fingerprint density at radius 2 is 2.00 bits per heavy atom. The normalized spacial score (nSPS) is 29.2. The van der Waals surface area contributed by atoms with Crippen LogP contribution in [0.2, 0.25) is 0 Å². The number of rotatable bonds is 1. The van der Waals surface area contributed by atoms with E-state index in [9.17, 15) is 4.79 Å². The van der Waals surface area contributed by atoms with Gasteiger partial charge in [0.15, 0.2) is 0 Å². The summed E-state index contributed by atoms with van der Waals surface area (Å²) in [6, 6.07) is 0. The third kappa shape index (κ3) is 1.70. The highest BCUT2D eigenvalue weighted by molar-refractivity contribution is 5.74. The maximum absolute atomic E-state index is 11.4. The van der Waals surface area contributed by atoms with Crippen LogP contribution < -0.4 is 6.15 Å². The molecule has 0 bridgehead atoms. The van der Waals surface area contributed by atoms with Crippen LogP contribution in [0.1, 0.15) is 38.5 Å². The van der Waals surface area contributed by atoms with Crippen LogP contribution in [0.25, 0.3) is 0 Å². The van der Waals surface area contributed by atoms with Gasteiger partial charge in [-0.15, -0.1) is 0 Å². The molecule has 0 aromatic heterocycles. The first-order valence-electron chi connectivity index (χ1n) is 4.86. The zero-order valence-corrected chi connectivity index (χ0v) is 8.34. The first-order chi connectivity index (χ1) is 5.78. The summed E-state index contributed by atoms with van der Waals surface area (Å²) in [5.41, 5.74) is 0.394. The SMILES string of the molecule is COC(=O)C1CCCCC12CC2.N. The molecule has 1 spiro atoms. The molecule has 0 saturated heterocycles. The predicted octanol–water partition coefficient (Wildman–Crippen LogP) is 2.29. The Labute approximate surface area is 79.4 Å². The average molecular weight is 185 g/mol. The number of methoxy groups -OCH3 is 1. The van der Waals surface area contributed by atoms with Gasteiger partial charge in [0.05, 0.1) is 13.0 Å². The molecule has 76 valence electrons. The summed E-state index contributed by atoms with van der Waals surface area (Å²) in [4.78, 5) is 11.4. The summed E-state index contributed by atoms with van der Waals surface area (Å²) in [5, 5.41) is 0. The second-order valence-corrected chi connectivity index (χ2v) is 4.18. The van der Waals surface area contributed by atoms with Crippen molar-refractivity contribution in [2.75, 3.05) is 7.11 Å². The van der Waals surface area contributed by atoms with Crippen LogP contribution in [0.5, 0.6) is 0 Å². The maximum atomic E-state index is 11.4. The van der Waals surface area contributed by atoms with Crippen LogP contribution in [0, 0.1) is 11.3 Å². The summed E-state index contributed by atoms with van der Waals surface area (Å²) < 4.78 is 4.83. The van der Waals surface area contributed by atoms with Gasteiger partial charge in [-0.25, -0.2) is 0 Å². The quantitative estimate of drug-likeness (QED) is 0.637. The number of ether oxygens (including phenoxy) is 1. The molecular weight excluding hydrogens is 166 g/mol. The number of hydrogen-bond donors (Lipinski definition) is 1. The Morgan fingerprint density at radius 3 is 2.54 bits per heavy atom. The molecule has 0 aromatic rings. The van der Waals surface area contributed by atoms with Gasteiger partial charge in [-0.05, 0) is 31.1 Å². The van der Waals surface area contributed by atoms with E-state index < -0.39 is 0 Å². The van der Waals surface area contributed by atoms with E-state index in [1.807, 2.05) is 0 Å². The molecule has 3 N–H and O–H groups in total. The molecule has 2 fully saturated rings. The van der Waals surface area contributed by atoms with Crippen LogP contribution in [-0.4, -0.2) is 13.1 Å². The zero-order valence-electron chi connectivity index (χ0n) is 8.34. The minimum absolute atomic E-state index is 0. The van der Waals surface area contributed by atoms with Gasteiger partial charge in [-0.3, -0.25) is 4.79 Å². The largest absolute Gasteiger partial charge is 0.469 e. The van der Waals surface area contributed by atoms with E-state index in [0.29, 0.717) is 5.41 Å². The minimum atomic E-state index is 0. The lowest BCUT2D eigenvalue weighted by Crippen LogP contribution is -2.29. The molecule has 0 aliphatic heterocycles. The summed E-state index contributed by atoms with van der Waals surface area (Å²) in [7, 11) is 1.51. The van der Waals surface area contributed by atoms with Gasteiger partial charge in [0.1, 0.15) is 0 Å². The highest BCUT2D eigenvalue weighted by Gasteiger charge is 2.53. The van der Waals surface area contributed by atoms with E-state index in [-0.39, 0.29) is 18.0 Å². The van der Waals surface area contributed by atoms with Gasteiger partial charge in [0.2, 0.25) is 0 Å². The van der Waals surface area contributed by atoms with Crippen molar-refractivity contribution in [3.63, 3.8) is 0 Å². The molecule has 13 heavy (non-hydrogen) atoms. The Kier molecular flexibility index (Phi) is 2.96. The Balaban J connectivity index is 0.000000845. The van der Waals surface area contributed by atoms with E-state index >= 15 is 0 Å². The highest BCUT2D eigenvalue weighted by atomic mass is 16.5. The fraction of sp³-hybridized carbons (Fsp3) is 0.900. The van der Waals surface area contributed by atoms with Crippen LogP contribution in [0.3, 0.4) is 0 Å². The third-order valence-corrected chi connectivity index (χ3v) is 3.53. The first-order valence-corrected chi connectivity index (χ1v) is 4.86. The fourth-order valence-electron chi connectivity index (χ4n) is 2.58. The van der Waals surface area contributed by atoms with Crippen LogP contribution in [0.15, 0.2) is 0 Å². The molecule has 3 heteroatoms. The standard InChI is InChI=1S/C10H16O2.H3N/c1-12-9(11)8-4-2-3-5-10(8)6-7-10;/h8H,2-7H2,1H3;1H3. The maximum Gasteiger partial charge on any atom is 0.309 e. The molecule has 1 unspecified atom stereocenters. The lowest BCUT2D eigenvalue weighted by atomic mass is 9.76. The van der Waals surface area contributed by atoms with Gasteiger partial charge in [0, 0.05) is 0 Å². The van der Waals surface area contributed by atoms with Crippen LogP contribution in [-0.2, 0) is 9.53 Å². The molecule has 0 heterocycles. The number of hydrogen-bond acceptors (Lipinski definition) is 3. The summed E-state index contributed by atoms with van der Waals surface area (Å²) >= 11 is 0. The zero-order chi connectivity index (χ0) is 8.60. The second-order valence-electron chi connectivity index (χ2n) is 4.18. The van der Waals surface area contributed by atoms with E-state index in [4.69, 9.17) is 4.74 Å². The third-order valence-electron chi connectivity index (χ3n) is 3.53. The molecule has 0 amide bonds. The lowest BCUT2D eigenvalue weighted by Gasteiger charge is -2.29. The summed E-state index contributed by atoms with van der Waals surface area (Å²) in [6.07, 6.45) is 7.36. The molecule has 1 atom stereocenters. The molecule has 2 saturated carbocycles. The monoisotopic (exact) mass is 185 g/mol. The number of carbonyl (C=O) groups is 1. The van der Waals surface area contributed by atoms with Crippen molar-refractivity contribution in [1.29, 1.82) is 0 Å². The van der Waals surface area contributed by atoms with Crippen LogP contribution >= 0.6 is 0 Å². The van der Waals surface area contributed by atoms with Gasteiger partial charge in [-0.2, -0.15) is 0 Å². The molecule has 3 nitrogen and oxygen atoms in total. The predicted molar refractivity (Wildman–Crippen MR) is 50.7 cm³/mol.